The van der Waals surface area contributed by atoms with Crippen LogP contribution in [0.1, 0.15) is 50.0 Å². The third-order valence-corrected chi connectivity index (χ3v) is 7.74. The van der Waals surface area contributed by atoms with Gasteiger partial charge in [0.15, 0.2) is 0 Å². The third-order valence-electron chi connectivity index (χ3n) is 6.07. The van der Waals surface area contributed by atoms with E-state index in [4.69, 9.17) is 5.11 Å². The Morgan fingerprint density at radius 3 is 2.54 bits per heavy atom. The molecule has 2 aliphatic carbocycles. The fourth-order valence-corrected chi connectivity index (χ4v) is 6.39. The maximum atomic E-state index is 12.7. The van der Waals surface area contributed by atoms with Gasteiger partial charge in [-0.1, -0.05) is 6.42 Å². The monoisotopic (exact) mass is 356 g/mol. The summed E-state index contributed by atoms with van der Waals surface area (Å²) in [5, 5.41) is 18.6. The highest BCUT2D eigenvalue weighted by Crippen LogP contribution is 2.52. The van der Waals surface area contributed by atoms with Crippen LogP contribution in [0.3, 0.4) is 0 Å². The van der Waals surface area contributed by atoms with Crippen molar-refractivity contribution in [2.75, 3.05) is 12.4 Å². The lowest BCUT2D eigenvalue weighted by molar-refractivity contribution is 0.112. The number of hydrogen-bond donors (Lipinski definition) is 2. The van der Waals surface area contributed by atoms with Crippen LogP contribution >= 0.6 is 0 Å². The largest absolute Gasteiger partial charge is 0.394 e. The zero-order valence-corrected chi connectivity index (χ0v) is 15.5. The minimum absolute atomic E-state index is 0.0419. The molecule has 0 radical (unpaired) electrons. The lowest BCUT2D eigenvalue weighted by Crippen LogP contribution is -2.29. The molecule has 5 atom stereocenters. The number of imidazole rings is 1. The van der Waals surface area contributed by atoms with Crippen molar-refractivity contribution >= 4 is 9.84 Å². The Bertz CT molecular complexity index is 712. The lowest BCUT2D eigenvalue weighted by atomic mass is 9.84. The molecule has 3 rings (SSSR count). The molecule has 136 valence electrons. The van der Waals surface area contributed by atoms with Gasteiger partial charge in [-0.15, -0.1) is 0 Å². The summed E-state index contributed by atoms with van der Waals surface area (Å²) in [4.78, 5) is 4.31. The van der Waals surface area contributed by atoms with Gasteiger partial charge in [-0.2, -0.15) is 0 Å². The fourth-order valence-electron chi connectivity index (χ4n) is 4.75. The number of nitrogens with zero attached hydrogens (tertiary/aromatic N) is 2. The molecule has 0 spiro atoms. The van der Waals surface area contributed by atoms with Crippen LogP contribution < -0.4 is 0 Å². The van der Waals surface area contributed by atoms with E-state index in [0.29, 0.717) is 17.5 Å². The van der Waals surface area contributed by atoms with Gasteiger partial charge < -0.3 is 14.8 Å². The molecule has 1 aromatic heterocycles. The summed E-state index contributed by atoms with van der Waals surface area (Å²) in [5.41, 5.74) is 1.59. The van der Waals surface area contributed by atoms with Gasteiger partial charge in [-0.25, -0.2) is 13.4 Å². The number of fused-ring (bicyclic) bond motifs is 2. The van der Waals surface area contributed by atoms with Crippen LogP contribution in [0.5, 0.6) is 0 Å². The standard InChI is InChI=1S/C17H28N2O4S/c1-10-11(2)19(12(3)16-7-13-4-5-14(16)6-13)17(18-10)24(22,23)9-15(21)8-20/h12-16,20-21H,4-9H2,1-3H3/t12-,13-,14-,15+,16-/m0/s1. The maximum absolute atomic E-state index is 12.7. The first-order chi connectivity index (χ1) is 11.2. The number of aliphatic hydroxyl groups excluding tert-OH is 2. The van der Waals surface area contributed by atoms with Gasteiger partial charge in [-0.3, -0.25) is 0 Å². The van der Waals surface area contributed by atoms with Crippen LogP contribution in [0.15, 0.2) is 5.16 Å². The average molecular weight is 356 g/mol. The van der Waals surface area contributed by atoms with Crippen LogP contribution in [-0.2, 0) is 9.84 Å². The molecule has 2 fully saturated rings. The second-order valence-electron chi connectivity index (χ2n) is 7.63. The summed E-state index contributed by atoms with van der Waals surface area (Å²) in [6, 6.07) is 0.0811. The highest BCUT2D eigenvalue weighted by Gasteiger charge is 2.43. The first-order valence-corrected chi connectivity index (χ1v) is 10.5. The molecule has 1 heterocycles. The van der Waals surface area contributed by atoms with Crippen molar-refractivity contribution < 1.29 is 18.6 Å². The lowest BCUT2D eigenvalue weighted by Gasteiger charge is -2.30. The number of aromatic nitrogens is 2. The molecule has 1 aromatic rings. The van der Waals surface area contributed by atoms with Crippen LogP contribution in [0.25, 0.3) is 0 Å². The normalized spacial score (nSPS) is 29.1. The number of hydrogen-bond acceptors (Lipinski definition) is 5. The van der Waals surface area contributed by atoms with Crippen molar-refractivity contribution in [3.05, 3.63) is 11.4 Å². The molecular formula is C17H28N2O4S. The minimum atomic E-state index is -3.75. The van der Waals surface area contributed by atoms with E-state index in [-0.39, 0.29) is 11.2 Å². The summed E-state index contributed by atoms with van der Waals surface area (Å²) in [5.74, 6) is 1.48. The number of sulfone groups is 1. The summed E-state index contributed by atoms with van der Waals surface area (Å²) < 4.78 is 27.3. The zero-order chi connectivity index (χ0) is 17.6. The predicted molar refractivity (Wildman–Crippen MR) is 90.5 cm³/mol. The van der Waals surface area contributed by atoms with Crippen molar-refractivity contribution in [1.82, 2.24) is 9.55 Å². The van der Waals surface area contributed by atoms with Gasteiger partial charge in [0.25, 0.3) is 0 Å². The Hall–Kier alpha value is -0.920. The van der Waals surface area contributed by atoms with E-state index < -0.39 is 28.3 Å². The predicted octanol–water partition coefficient (Wildman–Crippen LogP) is 1.62. The van der Waals surface area contributed by atoms with E-state index in [1.165, 1.54) is 25.7 Å². The molecule has 0 amide bonds. The summed E-state index contributed by atoms with van der Waals surface area (Å²) >= 11 is 0. The number of aliphatic hydroxyl groups is 2. The van der Waals surface area contributed by atoms with Crippen molar-refractivity contribution in [1.29, 1.82) is 0 Å². The molecule has 7 heteroatoms. The van der Waals surface area contributed by atoms with Gasteiger partial charge in [0, 0.05) is 11.7 Å². The summed E-state index contributed by atoms with van der Waals surface area (Å²) in [7, 11) is -3.75. The van der Waals surface area contributed by atoms with Crippen molar-refractivity contribution in [2.24, 2.45) is 17.8 Å². The smallest absolute Gasteiger partial charge is 0.228 e. The molecule has 2 saturated carbocycles. The Morgan fingerprint density at radius 2 is 2.00 bits per heavy atom. The van der Waals surface area contributed by atoms with Crippen molar-refractivity contribution in [3.63, 3.8) is 0 Å². The van der Waals surface area contributed by atoms with Gasteiger partial charge >= 0.3 is 0 Å². The molecule has 0 aromatic carbocycles. The molecular weight excluding hydrogens is 328 g/mol. The Kier molecular flexibility index (Phi) is 4.79. The molecule has 6 nitrogen and oxygen atoms in total. The quantitative estimate of drug-likeness (QED) is 0.808. The maximum Gasteiger partial charge on any atom is 0.228 e. The molecule has 2 aliphatic rings. The van der Waals surface area contributed by atoms with Crippen LogP contribution in [0.2, 0.25) is 0 Å². The molecule has 24 heavy (non-hydrogen) atoms. The van der Waals surface area contributed by atoms with Crippen LogP contribution in [0, 0.1) is 31.6 Å². The van der Waals surface area contributed by atoms with E-state index in [1.54, 1.807) is 0 Å². The van der Waals surface area contributed by atoms with E-state index in [0.717, 1.165) is 11.6 Å². The summed E-state index contributed by atoms with van der Waals surface area (Å²) in [6.45, 7) is 5.26. The SMILES string of the molecule is Cc1nc(S(=O)(=O)C[C@H](O)CO)n([C@@H](C)[C@@H]2C[C@H]3CC[C@H]2C3)c1C. The first kappa shape index (κ1) is 17.9. The highest BCUT2D eigenvalue weighted by atomic mass is 32.2. The van der Waals surface area contributed by atoms with Gasteiger partial charge in [0.1, 0.15) is 0 Å². The zero-order valence-electron chi connectivity index (χ0n) is 14.6. The highest BCUT2D eigenvalue weighted by molar-refractivity contribution is 7.91. The number of aryl methyl sites for hydroxylation is 1. The first-order valence-electron chi connectivity index (χ1n) is 8.81. The van der Waals surface area contributed by atoms with Crippen molar-refractivity contribution in [3.8, 4) is 0 Å². The second-order valence-corrected chi connectivity index (χ2v) is 9.56. The van der Waals surface area contributed by atoms with E-state index >= 15 is 0 Å². The van der Waals surface area contributed by atoms with Gasteiger partial charge in [-0.05, 0) is 57.8 Å². The Labute approximate surface area is 143 Å². The summed E-state index contributed by atoms with van der Waals surface area (Å²) in [6.07, 6.45) is 3.72. The molecule has 2 bridgehead atoms. The number of rotatable bonds is 6. The van der Waals surface area contributed by atoms with E-state index in [9.17, 15) is 13.5 Å². The minimum Gasteiger partial charge on any atom is -0.394 e. The Morgan fingerprint density at radius 1 is 1.29 bits per heavy atom. The molecule has 0 aliphatic heterocycles. The molecule has 2 N–H and O–H groups in total. The fraction of sp³-hybridized carbons (Fsp3) is 0.824. The van der Waals surface area contributed by atoms with Gasteiger partial charge in [0.05, 0.1) is 24.2 Å². The van der Waals surface area contributed by atoms with E-state index in [1.807, 2.05) is 18.4 Å². The third kappa shape index (κ3) is 3.02. The molecule has 0 unspecified atom stereocenters. The van der Waals surface area contributed by atoms with Crippen LogP contribution in [0.4, 0.5) is 0 Å². The average Bonchev–Trinajstić information content (AvgIpc) is 3.22. The van der Waals surface area contributed by atoms with Gasteiger partial charge in [0.2, 0.25) is 15.0 Å². The van der Waals surface area contributed by atoms with Crippen molar-refractivity contribution in [2.45, 2.75) is 63.8 Å². The topological polar surface area (TPSA) is 92.4 Å². The Balaban J connectivity index is 1.96. The van der Waals surface area contributed by atoms with Crippen LogP contribution in [-0.4, -0.2) is 46.6 Å². The second kappa shape index (κ2) is 6.42. The molecule has 0 saturated heterocycles. The van der Waals surface area contributed by atoms with E-state index in [2.05, 4.69) is 11.9 Å².